The van der Waals surface area contributed by atoms with E-state index < -0.39 is 0 Å². The summed E-state index contributed by atoms with van der Waals surface area (Å²) in [6.45, 7) is 11.8. The van der Waals surface area contributed by atoms with Gasteiger partial charge in [-0.3, -0.25) is 0 Å². The zero-order valence-electron chi connectivity index (χ0n) is 21.8. The monoisotopic (exact) mass is 490 g/mol. The van der Waals surface area contributed by atoms with E-state index in [1.54, 1.807) is 0 Å². The van der Waals surface area contributed by atoms with Crippen LogP contribution in [0.4, 0.5) is 0 Å². The van der Waals surface area contributed by atoms with Crippen LogP contribution in [0.1, 0.15) is 137 Å². The summed E-state index contributed by atoms with van der Waals surface area (Å²) in [5, 5.41) is 23.0. The van der Waals surface area contributed by atoms with Crippen molar-refractivity contribution in [1.29, 1.82) is 0 Å². The van der Waals surface area contributed by atoms with E-state index in [1.165, 1.54) is 101 Å². The number of nitrogens with zero attached hydrogens (tertiary/aromatic N) is 2. The minimum absolute atomic E-state index is 0.0433. The molecule has 2 saturated heterocycles. The molecule has 0 aliphatic carbocycles. The van der Waals surface area contributed by atoms with Crippen LogP contribution in [0, 0.1) is 5.41 Å². The second kappa shape index (κ2) is 19.6. The number of hydroxylamine groups is 4. The van der Waals surface area contributed by atoms with Crippen LogP contribution in [-0.2, 0) is 23.7 Å². The van der Waals surface area contributed by atoms with Crippen molar-refractivity contribution in [2.75, 3.05) is 19.6 Å². The summed E-state index contributed by atoms with van der Waals surface area (Å²) in [5.74, 6) is 0. The van der Waals surface area contributed by atoms with E-state index in [-0.39, 0.29) is 5.54 Å². The summed E-state index contributed by atoms with van der Waals surface area (Å²) < 4.78 is 8.25. The maximum atomic E-state index is 11.0. The molecule has 5 nitrogen and oxygen atoms in total. The molecule has 2 fully saturated rings. The van der Waals surface area contributed by atoms with Crippen LogP contribution in [0.5, 0.6) is 0 Å². The Morgan fingerprint density at radius 2 is 1.09 bits per heavy atom. The molecule has 0 spiro atoms. The quantitative estimate of drug-likeness (QED) is 0.275. The zero-order valence-corrected chi connectivity index (χ0v) is 23.4. The van der Waals surface area contributed by atoms with Gasteiger partial charge in [-0.25, -0.2) is 0 Å². The van der Waals surface area contributed by atoms with E-state index in [2.05, 4.69) is 27.7 Å². The standard InChI is InChI=1S/C21H43NO.C5H11NO.O.Ti/c1-5-9-14-20(15-10-6-2)16-13-19-22(23)21(20,17-11-7-3)18-12-8-4;7-6-4-2-1-3-5-6;;/h23H,5-19H2,1-4H3;7H,1-5H2;;. The van der Waals surface area contributed by atoms with Crippen molar-refractivity contribution in [1.82, 2.24) is 10.1 Å². The third-order valence-electron chi connectivity index (χ3n) is 7.74. The molecule has 0 aromatic rings. The van der Waals surface area contributed by atoms with Crippen molar-refractivity contribution in [3.8, 4) is 0 Å². The van der Waals surface area contributed by atoms with Gasteiger partial charge in [0.05, 0.1) is 5.54 Å². The van der Waals surface area contributed by atoms with Crippen LogP contribution in [0.25, 0.3) is 0 Å². The molecular weight excluding hydrogens is 436 g/mol. The molecule has 6 heteroatoms. The number of rotatable bonds is 12. The Morgan fingerprint density at radius 3 is 1.47 bits per heavy atom. The summed E-state index contributed by atoms with van der Waals surface area (Å²) in [7, 11) is 0. The molecule has 2 aliphatic heterocycles. The first kappa shape index (κ1) is 32.4. The van der Waals surface area contributed by atoms with Crippen LogP contribution in [0.2, 0.25) is 0 Å². The van der Waals surface area contributed by atoms with Crippen molar-refractivity contribution >= 4 is 0 Å². The molecule has 0 aromatic carbocycles. The summed E-state index contributed by atoms with van der Waals surface area (Å²) in [5.41, 5.74) is 0.387. The zero-order chi connectivity index (χ0) is 24.3. The Labute approximate surface area is 211 Å². The van der Waals surface area contributed by atoms with Crippen molar-refractivity contribution < 1.29 is 34.1 Å². The molecule has 0 saturated carbocycles. The van der Waals surface area contributed by atoms with E-state index in [0.717, 1.165) is 52.9 Å². The molecule has 0 unspecified atom stereocenters. The fourth-order valence-corrected chi connectivity index (χ4v) is 5.89. The van der Waals surface area contributed by atoms with Crippen LogP contribution in [0.3, 0.4) is 0 Å². The molecule has 2 heterocycles. The van der Waals surface area contributed by atoms with Gasteiger partial charge in [-0.2, -0.15) is 10.1 Å². The number of piperidine rings is 2. The van der Waals surface area contributed by atoms with Gasteiger partial charge < -0.3 is 10.4 Å². The van der Waals surface area contributed by atoms with Gasteiger partial charge in [-0.05, 0) is 56.8 Å². The van der Waals surface area contributed by atoms with Crippen molar-refractivity contribution in [3.63, 3.8) is 0 Å². The number of hydrogen-bond donors (Lipinski definition) is 2. The molecule has 0 radical (unpaired) electrons. The average molecular weight is 491 g/mol. The molecule has 0 amide bonds. The van der Waals surface area contributed by atoms with Gasteiger partial charge in [-0.1, -0.05) is 85.5 Å². The van der Waals surface area contributed by atoms with Crippen LogP contribution in [0.15, 0.2) is 0 Å². The van der Waals surface area contributed by atoms with E-state index in [0.29, 0.717) is 5.41 Å². The fraction of sp³-hybridized carbons (Fsp3) is 1.00. The normalized spacial score (nSPS) is 20.5. The first-order valence-corrected chi connectivity index (χ1v) is 14.3. The van der Waals surface area contributed by atoms with Crippen molar-refractivity contribution in [2.24, 2.45) is 5.41 Å². The predicted molar refractivity (Wildman–Crippen MR) is 129 cm³/mol. The van der Waals surface area contributed by atoms with Gasteiger partial charge in [0.1, 0.15) is 0 Å². The van der Waals surface area contributed by atoms with Crippen molar-refractivity contribution in [3.05, 3.63) is 0 Å². The predicted octanol–water partition coefficient (Wildman–Crippen LogP) is 7.70. The first-order valence-electron chi connectivity index (χ1n) is 13.6. The van der Waals surface area contributed by atoms with E-state index >= 15 is 0 Å². The summed E-state index contributed by atoms with van der Waals surface area (Å²) in [4.78, 5) is 0. The van der Waals surface area contributed by atoms with Gasteiger partial charge in [0, 0.05) is 19.6 Å². The molecular formula is C26H54N2O3Ti. The fourth-order valence-electron chi connectivity index (χ4n) is 5.89. The SMILES string of the molecule is CCCCC1(CCCC)CCCN(O)C1(CCCC)CCCC.ON1CCCCC1.[O]=[Ti]. The van der Waals surface area contributed by atoms with E-state index in [9.17, 15) is 5.21 Å². The summed E-state index contributed by atoms with van der Waals surface area (Å²) in [6, 6.07) is 0. The maximum absolute atomic E-state index is 11.0. The first-order chi connectivity index (χ1) is 15.5. The van der Waals surface area contributed by atoms with Crippen molar-refractivity contribution in [2.45, 2.75) is 142 Å². The number of unbranched alkanes of at least 4 members (excludes halogenated alkanes) is 4. The van der Waals surface area contributed by atoms with Gasteiger partial charge >= 0.3 is 23.7 Å². The van der Waals surface area contributed by atoms with Crippen LogP contribution >= 0.6 is 0 Å². The number of hydrogen-bond acceptors (Lipinski definition) is 5. The Kier molecular flexibility index (Phi) is 19.9. The topological polar surface area (TPSA) is 64.0 Å². The molecule has 190 valence electrons. The van der Waals surface area contributed by atoms with Crippen LogP contribution in [-0.4, -0.2) is 45.7 Å². The average Bonchev–Trinajstić information content (AvgIpc) is 2.83. The molecule has 2 N–H and O–H groups in total. The molecule has 2 rings (SSSR count). The third kappa shape index (κ3) is 10.3. The van der Waals surface area contributed by atoms with Gasteiger partial charge in [0.25, 0.3) is 0 Å². The van der Waals surface area contributed by atoms with Gasteiger partial charge in [0.2, 0.25) is 0 Å². The second-order valence-corrected chi connectivity index (χ2v) is 9.97. The molecule has 2 aliphatic rings. The molecule has 0 bridgehead atoms. The van der Waals surface area contributed by atoms with Crippen LogP contribution < -0.4 is 0 Å². The van der Waals surface area contributed by atoms with Gasteiger partial charge in [0.15, 0.2) is 0 Å². The second-order valence-electron chi connectivity index (χ2n) is 9.97. The Hall–Kier alpha value is 0.354. The van der Waals surface area contributed by atoms with E-state index in [1.807, 2.05) is 5.06 Å². The Balaban J connectivity index is 0.000000889. The summed E-state index contributed by atoms with van der Waals surface area (Å²) in [6.07, 6.45) is 21.3. The third-order valence-corrected chi connectivity index (χ3v) is 7.74. The molecule has 32 heavy (non-hydrogen) atoms. The molecule has 0 atom stereocenters. The summed E-state index contributed by atoms with van der Waals surface area (Å²) >= 11 is 0.750. The Bertz CT molecular complexity index is 417. The Morgan fingerprint density at radius 1 is 0.656 bits per heavy atom. The minimum atomic E-state index is 0.0433. The van der Waals surface area contributed by atoms with E-state index in [4.69, 9.17) is 8.53 Å². The molecule has 0 aromatic heterocycles. The van der Waals surface area contributed by atoms with Gasteiger partial charge in [-0.15, -0.1) is 0 Å².